The first-order valence-corrected chi connectivity index (χ1v) is 8.91. The summed E-state index contributed by atoms with van der Waals surface area (Å²) in [5.41, 5.74) is -0.0890. The van der Waals surface area contributed by atoms with Crippen LogP contribution < -0.4 is 0 Å². The van der Waals surface area contributed by atoms with Crippen molar-refractivity contribution < 1.29 is 17.9 Å². The molecule has 1 aromatic carbocycles. The van der Waals surface area contributed by atoms with Crippen LogP contribution in [0, 0.1) is 0 Å². The molecule has 0 amide bonds. The minimum Gasteiger partial charge on any atom is -0.366 e. The summed E-state index contributed by atoms with van der Waals surface area (Å²) in [5, 5.41) is 0.509. The van der Waals surface area contributed by atoms with Crippen LogP contribution in [0.15, 0.2) is 43.0 Å². The van der Waals surface area contributed by atoms with Gasteiger partial charge in [-0.1, -0.05) is 35.3 Å². The van der Waals surface area contributed by atoms with Crippen molar-refractivity contribution in [2.75, 3.05) is 0 Å². The van der Waals surface area contributed by atoms with Gasteiger partial charge in [-0.15, -0.1) is 0 Å². The number of aromatic nitrogens is 3. The fourth-order valence-electron chi connectivity index (χ4n) is 2.26. The summed E-state index contributed by atoms with van der Waals surface area (Å²) in [6.45, 7) is 0.530. The van der Waals surface area contributed by atoms with E-state index in [0.29, 0.717) is 22.0 Å². The van der Waals surface area contributed by atoms with Gasteiger partial charge in [0, 0.05) is 12.4 Å². The minimum absolute atomic E-state index is 0.114. The molecule has 0 bridgehead atoms. The molecule has 0 fully saturated rings. The number of imidazole rings is 1. The molecule has 0 N–H and O–H groups in total. The van der Waals surface area contributed by atoms with Crippen molar-refractivity contribution in [3.63, 3.8) is 0 Å². The van der Waals surface area contributed by atoms with E-state index in [9.17, 15) is 13.2 Å². The quantitative estimate of drug-likeness (QED) is 0.518. The molecule has 2 aromatic heterocycles. The summed E-state index contributed by atoms with van der Waals surface area (Å²) in [6, 6.07) is 4.83. The molecule has 10 heteroatoms. The SMILES string of the molecule is FC(F)(F)c1ccc(CO[C@H](Cn2ccnc2)c2snc(Cl)c2Cl)cc1. The fourth-order valence-corrected chi connectivity index (χ4v) is 3.54. The van der Waals surface area contributed by atoms with Gasteiger partial charge in [-0.05, 0) is 29.2 Å². The molecular weight excluding hydrogens is 410 g/mol. The summed E-state index contributed by atoms with van der Waals surface area (Å²) in [5.74, 6) is 0. The van der Waals surface area contributed by atoms with Crippen LogP contribution in [0.5, 0.6) is 0 Å². The van der Waals surface area contributed by atoms with Crippen molar-refractivity contribution in [2.45, 2.75) is 25.4 Å². The third kappa shape index (κ3) is 4.56. The molecule has 0 saturated carbocycles. The van der Waals surface area contributed by atoms with E-state index in [1.54, 1.807) is 23.3 Å². The number of hydrogen-bond donors (Lipinski definition) is 0. The van der Waals surface area contributed by atoms with Crippen molar-refractivity contribution in [1.29, 1.82) is 0 Å². The zero-order valence-electron chi connectivity index (χ0n) is 13.1. The van der Waals surface area contributed by atoms with Crippen LogP contribution in [-0.4, -0.2) is 13.9 Å². The first-order chi connectivity index (χ1) is 12.3. The first-order valence-electron chi connectivity index (χ1n) is 7.38. The average molecular weight is 422 g/mol. The molecular formula is C16H12Cl2F3N3OS. The lowest BCUT2D eigenvalue weighted by molar-refractivity contribution is -0.137. The summed E-state index contributed by atoms with van der Waals surface area (Å²) in [4.78, 5) is 4.63. The Bertz CT molecular complexity index is 851. The Morgan fingerprint density at radius 1 is 1.19 bits per heavy atom. The van der Waals surface area contributed by atoms with Crippen molar-refractivity contribution in [2.24, 2.45) is 0 Å². The summed E-state index contributed by atoms with van der Waals surface area (Å²) < 4.78 is 49.6. The zero-order chi connectivity index (χ0) is 18.7. The van der Waals surface area contributed by atoms with E-state index in [1.807, 2.05) is 0 Å². The van der Waals surface area contributed by atoms with E-state index in [4.69, 9.17) is 27.9 Å². The Balaban J connectivity index is 1.74. The minimum atomic E-state index is -4.36. The maximum absolute atomic E-state index is 12.6. The fraction of sp³-hybridized carbons (Fsp3) is 0.250. The predicted octanol–water partition coefficient (Wildman–Crippen LogP) is 5.62. The van der Waals surface area contributed by atoms with E-state index in [-0.39, 0.29) is 11.8 Å². The van der Waals surface area contributed by atoms with Crippen molar-refractivity contribution in [1.82, 2.24) is 13.9 Å². The maximum Gasteiger partial charge on any atom is 0.416 e. The second kappa shape index (κ2) is 7.96. The summed E-state index contributed by atoms with van der Waals surface area (Å²) >= 11 is 13.2. The molecule has 0 unspecified atom stereocenters. The molecule has 0 aliphatic rings. The second-order valence-electron chi connectivity index (χ2n) is 5.41. The lowest BCUT2D eigenvalue weighted by Gasteiger charge is -2.18. The van der Waals surface area contributed by atoms with Gasteiger partial charge in [0.05, 0.1) is 34.9 Å². The van der Waals surface area contributed by atoms with Gasteiger partial charge < -0.3 is 9.30 Å². The predicted molar refractivity (Wildman–Crippen MR) is 93.3 cm³/mol. The monoisotopic (exact) mass is 421 g/mol. The summed E-state index contributed by atoms with van der Waals surface area (Å²) in [6.07, 6.45) is 0.199. The van der Waals surface area contributed by atoms with E-state index >= 15 is 0 Å². The van der Waals surface area contributed by atoms with Crippen molar-refractivity contribution in [3.8, 4) is 0 Å². The molecule has 0 aliphatic heterocycles. The molecule has 26 heavy (non-hydrogen) atoms. The highest BCUT2D eigenvalue weighted by Crippen LogP contribution is 2.36. The van der Waals surface area contributed by atoms with E-state index in [0.717, 1.165) is 23.7 Å². The normalized spacial score (nSPS) is 13.1. The van der Waals surface area contributed by atoms with Crippen LogP contribution in [0.1, 0.15) is 22.1 Å². The molecule has 0 radical (unpaired) electrons. The van der Waals surface area contributed by atoms with Gasteiger partial charge in [-0.2, -0.15) is 17.5 Å². The molecule has 2 heterocycles. The van der Waals surface area contributed by atoms with Crippen molar-refractivity contribution >= 4 is 34.7 Å². The molecule has 0 spiro atoms. The molecule has 4 nitrogen and oxygen atoms in total. The molecule has 1 atom stereocenters. The van der Waals surface area contributed by atoms with Crippen LogP contribution in [0.3, 0.4) is 0 Å². The van der Waals surface area contributed by atoms with Gasteiger partial charge in [0.2, 0.25) is 0 Å². The van der Waals surface area contributed by atoms with Gasteiger partial charge in [0.25, 0.3) is 0 Å². The topological polar surface area (TPSA) is 39.9 Å². The van der Waals surface area contributed by atoms with Crippen LogP contribution >= 0.6 is 34.7 Å². The highest BCUT2D eigenvalue weighted by atomic mass is 35.5. The Morgan fingerprint density at radius 2 is 1.92 bits per heavy atom. The second-order valence-corrected chi connectivity index (χ2v) is 6.95. The van der Waals surface area contributed by atoms with Gasteiger partial charge in [-0.3, -0.25) is 0 Å². The maximum atomic E-state index is 12.6. The molecule has 138 valence electrons. The highest BCUT2D eigenvalue weighted by Gasteiger charge is 2.30. The third-order valence-corrected chi connectivity index (χ3v) is 5.48. The molecule has 3 aromatic rings. The molecule has 0 aliphatic carbocycles. The third-order valence-electron chi connectivity index (χ3n) is 3.58. The molecule has 3 rings (SSSR count). The van der Waals surface area contributed by atoms with E-state index in [2.05, 4.69) is 9.36 Å². The summed E-state index contributed by atoms with van der Waals surface area (Å²) in [7, 11) is 0. The van der Waals surface area contributed by atoms with Gasteiger partial charge >= 0.3 is 6.18 Å². The van der Waals surface area contributed by atoms with Gasteiger partial charge in [0.15, 0.2) is 5.15 Å². The van der Waals surface area contributed by atoms with Crippen LogP contribution in [0.4, 0.5) is 13.2 Å². The Kier molecular flexibility index (Phi) is 5.86. The zero-order valence-corrected chi connectivity index (χ0v) is 15.4. The van der Waals surface area contributed by atoms with Gasteiger partial charge in [0.1, 0.15) is 6.10 Å². The van der Waals surface area contributed by atoms with Crippen molar-refractivity contribution in [3.05, 3.63) is 69.2 Å². The number of nitrogens with zero attached hydrogens (tertiary/aromatic N) is 3. The number of hydrogen-bond acceptors (Lipinski definition) is 4. The lowest BCUT2D eigenvalue weighted by Crippen LogP contribution is -2.11. The largest absolute Gasteiger partial charge is 0.416 e. The van der Waals surface area contributed by atoms with Gasteiger partial charge in [-0.25, -0.2) is 4.98 Å². The standard InChI is InChI=1S/C16H12Cl2F3N3OS/c17-13-14(26-23-15(13)18)12(7-24-6-5-22-9-24)25-8-10-1-3-11(4-2-10)16(19,20)21/h1-6,9,12H,7-8H2/t12-/m1/s1. The van der Waals surface area contributed by atoms with Crippen LogP contribution in [-0.2, 0) is 24.1 Å². The van der Waals surface area contributed by atoms with Crippen LogP contribution in [0.2, 0.25) is 10.2 Å². The Labute approximate surface area is 161 Å². The van der Waals surface area contributed by atoms with E-state index < -0.39 is 17.8 Å². The van der Waals surface area contributed by atoms with E-state index in [1.165, 1.54) is 12.1 Å². The average Bonchev–Trinajstić information content (AvgIpc) is 3.22. The number of ether oxygens (including phenoxy) is 1. The Hall–Kier alpha value is -1.61. The number of rotatable bonds is 6. The Morgan fingerprint density at radius 3 is 2.46 bits per heavy atom. The number of halogens is 5. The molecule has 0 saturated heterocycles. The lowest BCUT2D eigenvalue weighted by atomic mass is 10.1. The smallest absolute Gasteiger partial charge is 0.366 e. The first kappa shape index (κ1) is 19.2. The van der Waals surface area contributed by atoms with Crippen LogP contribution in [0.25, 0.3) is 0 Å². The highest BCUT2D eigenvalue weighted by molar-refractivity contribution is 7.07. The number of benzene rings is 1. The number of alkyl halides is 3.